The number of hydrogen-bond donors (Lipinski definition) is 1. The summed E-state index contributed by atoms with van der Waals surface area (Å²) in [5.74, 6) is 0.538. The lowest BCUT2D eigenvalue weighted by Gasteiger charge is -2.33. The molecule has 138 valence electrons. The van der Waals surface area contributed by atoms with E-state index in [0.717, 1.165) is 24.2 Å². The smallest absolute Gasteiger partial charge is 0.129 e. The quantitative estimate of drug-likeness (QED) is 0.563. The Kier molecular flexibility index (Phi) is 4.06. The van der Waals surface area contributed by atoms with E-state index in [1.165, 1.54) is 21.9 Å². The maximum absolute atomic E-state index is 11.0. The van der Waals surface area contributed by atoms with Gasteiger partial charge in [0.2, 0.25) is 0 Å². The number of phenolic OH excluding ortho intramolecular Hbond substituents is 1. The summed E-state index contributed by atoms with van der Waals surface area (Å²) in [6, 6.07) is 19.2. The van der Waals surface area contributed by atoms with Crippen LogP contribution in [0.3, 0.4) is 0 Å². The average Bonchev–Trinajstić information content (AvgIpc) is 2.74. The highest BCUT2D eigenvalue weighted by atomic mass is 16.3. The van der Waals surface area contributed by atoms with Crippen LogP contribution >= 0.6 is 0 Å². The van der Waals surface area contributed by atoms with E-state index in [9.17, 15) is 5.11 Å². The maximum atomic E-state index is 11.0. The number of aromatic nitrogens is 2. The van der Waals surface area contributed by atoms with Gasteiger partial charge >= 0.3 is 0 Å². The minimum atomic E-state index is 0.222. The van der Waals surface area contributed by atoms with Gasteiger partial charge in [0.25, 0.3) is 0 Å². The minimum Gasteiger partial charge on any atom is -0.507 e. The molecule has 0 spiro atoms. The molecule has 1 aliphatic heterocycles. The first-order valence-electron chi connectivity index (χ1n) is 9.49. The zero-order valence-corrected chi connectivity index (χ0v) is 15.7. The van der Waals surface area contributed by atoms with Gasteiger partial charge in [0, 0.05) is 42.5 Å². The highest BCUT2D eigenvalue weighted by Crippen LogP contribution is 2.41. The Morgan fingerprint density at radius 2 is 1.86 bits per heavy atom. The molecule has 4 aromatic rings. The molecule has 0 saturated carbocycles. The number of benzene rings is 3. The van der Waals surface area contributed by atoms with E-state index in [0.29, 0.717) is 11.4 Å². The average molecular weight is 367 g/mol. The van der Waals surface area contributed by atoms with Crippen LogP contribution in [0.1, 0.15) is 22.6 Å². The SMILES string of the molecule is CN1Cc2c(ccc(-c3cnccn3)c2O)C(c2ccc3ccccc3c2)C1. The van der Waals surface area contributed by atoms with Crippen LogP contribution in [0.5, 0.6) is 5.75 Å². The Morgan fingerprint density at radius 1 is 1.00 bits per heavy atom. The Balaban J connectivity index is 1.63. The zero-order valence-electron chi connectivity index (χ0n) is 15.7. The predicted molar refractivity (Wildman–Crippen MR) is 111 cm³/mol. The van der Waals surface area contributed by atoms with Gasteiger partial charge in [-0.2, -0.15) is 0 Å². The number of fused-ring (bicyclic) bond motifs is 2. The molecule has 0 aliphatic carbocycles. The molecular formula is C24H21N3O. The third-order valence-electron chi connectivity index (χ3n) is 5.63. The summed E-state index contributed by atoms with van der Waals surface area (Å²) in [7, 11) is 2.10. The largest absolute Gasteiger partial charge is 0.507 e. The number of hydrogen-bond acceptors (Lipinski definition) is 4. The number of rotatable bonds is 2. The highest BCUT2D eigenvalue weighted by Gasteiger charge is 2.28. The van der Waals surface area contributed by atoms with Gasteiger partial charge in [-0.25, -0.2) is 0 Å². The van der Waals surface area contributed by atoms with E-state index < -0.39 is 0 Å². The molecule has 28 heavy (non-hydrogen) atoms. The molecule has 1 N–H and O–H groups in total. The van der Waals surface area contributed by atoms with Crippen LogP contribution in [0, 0.1) is 0 Å². The standard InChI is InChI=1S/C24H21N3O/c1-27-14-21(18-7-6-16-4-2-3-5-17(16)12-18)19-8-9-20(24(28)22(19)15-27)23-13-25-10-11-26-23/h2-13,21,28H,14-15H2,1H3. The molecule has 3 aromatic carbocycles. The molecule has 1 aromatic heterocycles. The Hall–Kier alpha value is -3.24. The van der Waals surface area contributed by atoms with Crippen LogP contribution in [0.4, 0.5) is 0 Å². The van der Waals surface area contributed by atoms with E-state index in [1.807, 2.05) is 6.07 Å². The van der Waals surface area contributed by atoms with Gasteiger partial charge < -0.3 is 10.0 Å². The van der Waals surface area contributed by atoms with Gasteiger partial charge in [-0.1, -0.05) is 48.5 Å². The van der Waals surface area contributed by atoms with Crippen molar-refractivity contribution in [1.29, 1.82) is 0 Å². The molecule has 0 fully saturated rings. The normalized spacial score (nSPS) is 16.8. The summed E-state index contributed by atoms with van der Waals surface area (Å²) in [4.78, 5) is 10.8. The van der Waals surface area contributed by atoms with Gasteiger partial charge in [-0.05, 0) is 35.0 Å². The number of likely N-dealkylation sites (N-methyl/N-ethyl adjacent to an activating group) is 1. The first kappa shape index (κ1) is 16.9. The molecule has 1 unspecified atom stereocenters. The molecule has 0 saturated heterocycles. The van der Waals surface area contributed by atoms with Crippen molar-refractivity contribution >= 4 is 10.8 Å². The van der Waals surface area contributed by atoms with Crippen LogP contribution < -0.4 is 0 Å². The van der Waals surface area contributed by atoms with Crippen molar-refractivity contribution in [1.82, 2.24) is 14.9 Å². The zero-order chi connectivity index (χ0) is 19.1. The summed E-state index contributed by atoms with van der Waals surface area (Å²) in [6.07, 6.45) is 4.98. The lowest BCUT2D eigenvalue weighted by molar-refractivity contribution is 0.288. The lowest BCUT2D eigenvalue weighted by Crippen LogP contribution is -2.31. The second kappa shape index (κ2) is 6.73. The van der Waals surface area contributed by atoms with E-state index in [2.05, 4.69) is 70.4 Å². The second-order valence-electron chi connectivity index (χ2n) is 7.48. The van der Waals surface area contributed by atoms with Gasteiger partial charge in [0.1, 0.15) is 5.75 Å². The van der Waals surface area contributed by atoms with Crippen LogP contribution in [-0.4, -0.2) is 33.6 Å². The van der Waals surface area contributed by atoms with Gasteiger partial charge in [-0.3, -0.25) is 9.97 Å². The fourth-order valence-corrected chi connectivity index (χ4v) is 4.24. The molecule has 5 rings (SSSR count). The molecule has 4 nitrogen and oxygen atoms in total. The van der Waals surface area contributed by atoms with Crippen molar-refractivity contribution < 1.29 is 5.11 Å². The summed E-state index contributed by atoms with van der Waals surface area (Å²) in [6.45, 7) is 1.65. The van der Waals surface area contributed by atoms with Crippen molar-refractivity contribution in [2.24, 2.45) is 0 Å². The molecule has 1 atom stereocenters. The lowest BCUT2D eigenvalue weighted by atomic mass is 9.82. The van der Waals surface area contributed by atoms with E-state index >= 15 is 0 Å². The Labute approximate surface area is 164 Å². The van der Waals surface area contributed by atoms with Crippen molar-refractivity contribution in [2.75, 3.05) is 13.6 Å². The number of phenols is 1. The summed E-state index contributed by atoms with van der Waals surface area (Å²) < 4.78 is 0. The predicted octanol–water partition coefficient (Wildman–Crippen LogP) is 4.58. The van der Waals surface area contributed by atoms with Crippen LogP contribution in [0.2, 0.25) is 0 Å². The first-order valence-corrected chi connectivity index (χ1v) is 9.49. The van der Waals surface area contributed by atoms with Crippen LogP contribution in [0.25, 0.3) is 22.0 Å². The second-order valence-corrected chi connectivity index (χ2v) is 7.48. The van der Waals surface area contributed by atoms with E-state index in [1.54, 1.807) is 18.6 Å². The third kappa shape index (κ3) is 2.83. The third-order valence-corrected chi connectivity index (χ3v) is 5.63. The molecular weight excluding hydrogens is 346 g/mol. The Morgan fingerprint density at radius 3 is 2.68 bits per heavy atom. The molecule has 0 amide bonds. The molecule has 1 aliphatic rings. The fourth-order valence-electron chi connectivity index (χ4n) is 4.24. The van der Waals surface area contributed by atoms with Gasteiger partial charge in [0.05, 0.1) is 11.9 Å². The number of aromatic hydroxyl groups is 1. The van der Waals surface area contributed by atoms with Crippen LogP contribution in [0.15, 0.2) is 73.2 Å². The molecule has 4 heteroatoms. The van der Waals surface area contributed by atoms with Crippen molar-refractivity contribution in [3.8, 4) is 17.0 Å². The molecule has 0 bridgehead atoms. The minimum absolute atomic E-state index is 0.222. The first-order chi connectivity index (χ1) is 13.7. The van der Waals surface area contributed by atoms with Crippen LogP contribution in [-0.2, 0) is 6.54 Å². The van der Waals surface area contributed by atoms with Crippen molar-refractivity contribution in [3.05, 3.63) is 89.9 Å². The van der Waals surface area contributed by atoms with Gasteiger partial charge in [-0.15, -0.1) is 0 Å². The maximum Gasteiger partial charge on any atom is 0.129 e. The van der Waals surface area contributed by atoms with Crippen molar-refractivity contribution in [2.45, 2.75) is 12.5 Å². The Bertz CT molecular complexity index is 1160. The molecule has 2 heterocycles. The van der Waals surface area contributed by atoms with Gasteiger partial charge in [0.15, 0.2) is 0 Å². The fraction of sp³-hybridized carbons (Fsp3) is 0.167. The topological polar surface area (TPSA) is 49.2 Å². The summed E-state index contributed by atoms with van der Waals surface area (Å²) >= 11 is 0. The summed E-state index contributed by atoms with van der Waals surface area (Å²) in [5, 5.41) is 13.5. The summed E-state index contributed by atoms with van der Waals surface area (Å²) in [5.41, 5.74) is 4.88. The van der Waals surface area contributed by atoms with E-state index in [4.69, 9.17) is 0 Å². The van der Waals surface area contributed by atoms with E-state index in [-0.39, 0.29) is 5.92 Å². The highest BCUT2D eigenvalue weighted by molar-refractivity contribution is 5.83. The monoisotopic (exact) mass is 367 g/mol. The molecule has 0 radical (unpaired) electrons. The number of nitrogens with zero attached hydrogens (tertiary/aromatic N) is 3. The van der Waals surface area contributed by atoms with Crippen molar-refractivity contribution in [3.63, 3.8) is 0 Å².